The van der Waals surface area contributed by atoms with Gasteiger partial charge >= 0.3 is 0 Å². The highest BCUT2D eigenvalue weighted by atomic mass is 16.5. The summed E-state index contributed by atoms with van der Waals surface area (Å²) >= 11 is 0. The van der Waals surface area contributed by atoms with E-state index in [0.717, 1.165) is 47.6 Å². The predicted molar refractivity (Wildman–Crippen MR) is 104 cm³/mol. The van der Waals surface area contributed by atoms with Gasteiger partial charge in [-0.2, -0.15) is 0 Å². The Morgan fingerprint density at radius 3 is 2.77 bits per heavy atom. The van der Waals surface area contributed by atoms with Crippen LogP contribution in [-0.2, 0) is 11.3 Å². The van der Waals surface area contributed by atoms with Crippen LogP contribution < -0.4 is 4.74 Å². The Morgan fingerprint density at radius 2 is 2.00 bits per heavy atom. The molecular formula is C21H25N3O2. The molecule has 0 unspecified atom stereocenters. The standard InChI is InChI=1S/C21H25N3O2/c1-4-5-13-23(2)20(25)15-24-19-12-7-6-11-18(19)22-21(24)16-9-8-10-17(14-16)26-3/h6-12,14H,4-5,13,15H2,1-3H3. The van der Waals surface area contributed by atoms with Crippen molar-refractivity contribution in [1.29, 1.82) is 0 Å². The quantitative estimate of drug-likeness (QED) is 0.647. The molecule has 0 radical (unpaired) electrons. The van der Waals surface area contributed by atoms with Crippen LogP contribution in [0.1, 0.15) is 19.8 Å². The zero-order valence-electron chi connectivity index (χ0n) is 15.6. The van der Waals surface area contributed by atoms with Crippen LogP contribution in [0.25, 0.3) is 22.4 Å². The van der Waals surface area contributed by atoms with Gasteiger partial charge in [0.2, 0.25) is 5.91 Å². The first kappa shape index (κ1) is 18.0. The number of benzene rings is 2. The number of likely N-dealkylation sites (N-methyl/N-ethyl adjacent to an activating group) is 1. The molecule has 0 N–H and O–H groups in total. The van der Waals surface area contributed by atoms with E-state index < -0.39 is 0 Å². The number of hydrogen-bond acceptors (Lipinski definition) is 3. The van der Waals surface area contributed by atoms with Crippen molar-refractivity contribution in [2.45, 2.75) is 26.3 Å². The summed E-state index contributed by atoms with van der Waals surface area (Å²) in [5, 5.41) is 0. The van der Waals surface area contributed by atoms with Crippen LogP contribution >= 0.6 is 0 Å². The van der Waals surface area contributed by atoms with Crippen LogP contribution in [0.15, 0.2) is 48.5 Å². The summed E-state index contributed by atoms with van der Waals surface area (Å²) in [6.07, 6.45) is 2.08. The van der Waals surface area contributed by atoms with Gasteiger partial charge in [-0.15, -0.1) is 0 Å². The first-order valence-electron chi connectivity index (χ1n) is 8.97. The predicted octanol–water partition coefficient (Wildman–Crippen LogP) is 3.97. The van der Waals surface area contributed by atoms with E-state index in [1.807, 2.05) is 60.1 Å². The van der Waals surface area contributed by atoms with Crippen molar-refractivity contribution in [2.24, 2.45) is 0 Å². The van der Waals surface area contributed by atoms with Crippen LogP contribution in [0, 0.1) is 0 Å². The van der Waals surface area contributed by atoms with Crippen molar-refractivity contribution < 1.29 is 9.53 Å². The normalized spacial score (nSPS) is 10.9. The highest BCUT2D eigenvalue weighted by Gasteiger charge is 2.17. The number of nitrogens with zero attached hydrogens (tertiary/aromatic N) is 3. The number of imidazole rings is 1. The fourth-order valence-electron chi connectivity index (χ4n) is 2.99. The number of amides is 1. The average molecular weight is 351 g/mol. The van der Waals surface area contributed by atoms with Crippen molar-refractivity contribution in [3.05, 3.63) is 48.5 Å². The van der Waals surface area contributed by atoms with Gasteiger partial charge in [-0.25, -0.2) is 4.98 Å². The minimum atomic E-state index is 0.0887. The zero-order valence-corrected chi connectivity index (χ0v) is 15.6. The summed E-state index contributed by atoms with van der Waals surface area (Å²) < 4.78 is 7.34. The molecule has 0 aliphatic rings. The molecular weight excluding hydrogens is 326 g/mol. The Hall–Kier alpha value is -2.82. The highest BCUT2D eigenvalue weighted by molar-refractivity contribution is 5.84. The molecule has 3 rings (SSSR count). The summed E-state index contributed by atoms with van der Waals surface area (Å²) in [4.78, 5) is 19.3. The molecule has 0 aliphatic heterocycles. The van der Waals surface area contributed by atoms with Gasteiger partial charge in [-0.05, 0) is 30.7 Å². The monoisotopic (exact) mass is 351 g/mol. The van der Waals surface area contributed by atoms with E-state index >= 15 is 0 Å². The summed E-state index contributed by atoms with van der Waals surface area (Å²) in [5.41, 5.74) is 2.78. The van der Waals surface area contributed by atoms with E-state index in [4.69, 9.17) is 9.72 Å². The Labute approximate surface area is 154 Å². The van der Waals surface area contributed by atoms with Crippen molar-refractivity contribution in [1.82, 2.24) is 14.5 Å². The molecule has 136 valence electrons. The molecule has 0 saturated heterocycles. The third-order valence-electron chi connectivity index (χ3n) is 4.55. The number of aromatic nitrogens is 2. The lowest BCUT2D eigenvalue weighted by Crippen LogP contribution is -2.31. The lowest BCUT2D eigenvalue weighted by Gasteiger charge is -2.18. The molecule has 1 amide bonds. The van der Waals surface area contributed by atoms with Gasteiger partial charge in [0, 0.05) is 19.2 Å². The molecule has 0 spiro atoms. The number of carbonyl (C=O) groups excluding carboxylic acids is 1. The van der Waals surface area contributed by atoms with Crippen LogP contribution in [-0.4, -0.2) is 41.1 Å². The first-order valence-corrected chi connectivity index (χ1v) is 8.97. The average Bonchev–Trinajstić information content (AvgIpc) is 3.04. The molecule has 0 saturated carbocycles. The fourth-order valence-corrected chi connectivity index (χ4v) is 2.99. The van der Waals surface area contributed by atoms with Crippen LogP contribution in [0.3, 0.4) is 0 Å². The molecule has 0 fully saturated rings. The third kappa shape index (κ3) is 3.72. The second kappa shape index (κ2) is 8.04. The summed E-state index contributed by atoms with van der Waals surface area (Å²) in [7, 11) is 3.51. The Morgan fingerprint density at radius 1 is 1.19 bits per heavy atom. The topological polar surface area (TPSA) is 47.4 Å². The Kier molecular flexibility index (Phi) is 5.56. The minimum absolute atomic E-state index is 0.0887. The van der Waals surface area contributed by atoms with Crippen LogP contribution in [0.5, 0.6) is 5.75 Å². The van der Waals surface area contributed by atoms with Crippen molar-refractivity contribution >= 4 is 16.9 Å². The molecule has 2 aromatic carbocycles. The van der Waals surface area contributed by atoms with Gasteiger partial charge in [-0.1, -0.05) is 37.6 Å². The molecule has 1 heterocycles. The summed E-state index contributed by atoms with van der Waals surface area (Å²) in [5.74, 6) is 1.64. The van der Waals surface area contributed by atoms with E-state index in [1.165, 1.54) is 0 Å². The highest BCUT2D eigenvalue weighted by Crippen LogP contribution is 2.27. The lowest BCUT2D eigenvalue weighted by molar-refractivity contribution is -0.130. The molecule has 0 atom stereocenters. The first-order chi connectivity index (χ1) is 12.6. The molecule has 1 aromatic heterocycles. The van der Waals surface area contributed by atoms with E-state index in [9.17, 15) is 4.79 Å². The third-order valence-corrected chi connectivity index (χ3v) is 4.55. The Bertz CT molecular complexity index is 901. The fraction of sp³-hybridized carbons (Fsp3) is 0.333. The molecule has 5 heteroatoms. The van der Waals surface area contributed by atoms with Gasteiger partial charge < -0.3 is 14.2 Å². The maximum absolute atomic E-state index is 12.7. The van der Waals surface area contributed by atoms with Gasteiger partial charge in [0.25, 0.3) is 0 Å². The molecule has 26 heavy (non-hydrogen) atoms. The largest absolute Gasteiger partial charge is 0.497 e. The van der Waals surface area contributed by atoms with Crippen molar-refractivity contribution in [3.63, 3.8) is 0 Å². The lowest BCUT2D eigenvalue weighted by atomic mass is 10.2. The smallest absolute Gasteiger partial charge is 0.242 e. The maximum Gasteiger partial charge on any atom is 0.242 e. The minimum Gasteiger partial charge on any atom is -0.497 e. The number of methoxy groups -OCH3 is 1. The SMILES string of the molecule is CCCCN(C)C(=O)Cn1c(-c2cccc(OC)c2)nc2ccccc21. The van der Waals surface area contributed by atoms with Crippen LogP contribution in [0.2, 0.25) is 0 Å². The van der Waals surface area contributed by atoms with Crippen molar-refractivity contribution in [2.75, 3.05) is 20.7 Å². The zero-order chi connectivity index (χ0) is 18.5. The molecule has 3 aromatic rings. The second-order valence-electron chi connectivity index (χ2n) is 6.41. The maximum atomic E-state index is 12.7. The van der Waals surface area contributed by atoms with Gasteiger partial charge in [-0.3, -0.25) is 4.79 Å². The van der Waals surface area contributed by atoms with E-state index in [2.05, 4.69) is 6.92 Å². The van der Waals surface area contributed by atoms with E-state index in [0.29, 0.717) is 0 Å². The molecule has 0 aliphatic carbocycles. The van der Waals surface area contributed by atoms with Gasteiger partial charge in [0.15, 0.2) is 0 Å². The van der Waals surface area contributed by atoms with Crippen molar-refractivity contribution in [3.8, 4) is 17.1 Å². The summed E-state index contributed by atoms with van der Waals surface area (Å²) in [6.45, 7) is 3.17. The summed E-state index contributed by atoms with van der Waals surface area (Å²) in [6, 6.07) is 15.7. The van der Waals surface area contributed by atoms with Gasteiger partial charge in [0.05, 0.1) is 18.1 Å². The Balaban J connectivity index is 2.01. The number of unbranched alkanes of at least 4 members (excludes halogenated alkanes) is 1. The van der Waals surface area contributed by atoms with E-state index in [1.54, 1.807) is 12.0 Å². The van der Waals surface area contributed by atoms with E-state index in [-0.39, 0.29) is 12.5 Å². The number of carbonyl (C=O) groups is 1. The second-order valence-corrected chi connectivity index (χ2v) is 6.41. The number of rotatable bonds is 7. The number of hydrogen-bond donors (Lipinski definition) is 0. The number of ether oxygens (including phenoxy) is 1. The van der Waals surface area contributed by atoms with Gasteiger partial charge in [0.1, 0.15) is 18.1 Å². The number of para-hydroxylation sites is 2. The molecule has 5 nitrogen and oxygen atoms in total. The molecule has 0 bridgehead atoms. The number of fused-ring (bicyclic) bond motifs is 1. The van der Waals surface area contributed by atoms with Crippen LogP contribution in [0.4, 0.5) is 0 Å².